The number of nitrogens with zero attached hydrogens (tertiary/aromatic N) is 1. The highest BCUT2D eigenvalue weighted by atomic mass is 14.7. The SMILES string of the molecule is Cc1cc(C(C)(C)N)ccn1. The Hall–Kier alpha value is -0.890. The van der Waals surface area contributed by atoms with Crippen molar-refractivity contribution in [1.82, 2.24) is 4.98 Å². The molecule has 0 unspecified atom stereocenters. The van der Waals surface area contributed by atoms with Gasteiger partial charge in [0.15, 0.2) is 0 Å². The summed E-state index contributed by atoms with van der Waals surface area (Å²) in [4.78, 5) is 4.10. The van der Waals surface area contributed by atoms with Gasteiger partial charge in [-0.15, -0.1) is 0 Å². The fourth-order valence-corrected chi connectivity index (χ4v) is 0.946. The Balaban J connectivity index is 3.06. The van der Waals surface area contributed by atoms with E-state index in [1.807, 2.05) is 32.9 Å². The van der Waals surface area contributed by atoms with Crippen molar-refractivity contribution in [2.75, 3.05) is 0 Å². The van der Waals surface area contributed by atoms with E-state index in [1.54, 1.807) is 6.20 Å². The Bertz CT molecular complexity index is 248. The molecule has 0 saturated carbocycles. The molecule has 60 valence electrons. The molecule has 1 rings (SSSR count). The van der Waals surface area contributed by atoms with Crippen LogP contribution >= 0.6 is 0 Å². The van der Waals surface area contributed by atoms with E-state index in [0.717, 1.165) is 11.3 Å². The highest BCUT2D eigenvalue weighted by Crippen LogP contribution is 2.15. The quantitative estimate of drug-likeness (QED) is 0.660. The molecule has 11 heavy (non-hydrogen) atoms. The molecule has 0 radical (unpaired) electrons. The van der Waals surface area contributed by atoms with Gasteiger partial charge in [0.25, 0.3) is 0 Å². The van der Waals surface area contributed by atoms with Crippen molar-refractivity contribution in [2.45, 2.75) is 26.3 Å². The highest BCUT2D eigenvalue weighted by molar-refractivity contribution is 5.22. The second-order valence-corrected chi connectivity index (χ2v) is 3.41. The first kappa shape index (κ1) is 8.21. The first-order chi connectivity index (χ1) is 5.00. The average Bonchev–Trinajstić information content (AvgIpc) is 1.86. The van der Waals surface area contributed by atoms with E-state index in [-0.39, 0.29) is 5.54 Å². The lowest BCUT2D eigenvalue weighted by Crippen LogP contribution is -2.28. The Kier molecular flexibility index (Phi) is 1.96. The second kappa shape index (κ2) is 2.62. The summed E-state index contributed by atoms with van der Waals surface area (Å²) in [5.74, 6) is 0. The van der Waals surface area contributed by atoms with Crippen LogP contribution in [-0.4, -0.2) is 4.98 Å². The van der Waals surface area contributed by atoms with E-state index in [1.165, 1.54) is 0 Å². The van der Waals surface area contributed by atoms with E-state index < -0.39 is 0 Å². The van der Waals surface area contributed by atoms with Crippen molar-refractivity contribution in [1.29, 1.82) is 0 Å². The standard InChI is InChI=1S/C9H14N2/c1-7-6-8(4-5-11-7)9(2,3)10/h4-6H,10H2,1-3H3. The molecule has 0 fully saturated rings. The van der Waals surface area contributed by atoms with Gasteiger partial charge in [-0.25, -0.2) is 0 Å². The summed E-state index contributed by atoms with van der Waals surface area (Å²) in [5.41, 5.74) is 7.79. The van der Waals surface area contributed by atoms with Crippen LogP contribution in [0.15, 0.2) is 18.3 Å². The van der Waals surface area contributed by atoms with Gasteiger partial charge >= 0.3 is 0 Å². The first-order valence-electron chi connectivity index (χ1n) is 3.72. The lowest BCUT2D eigenvalue weighted by molar-refractivity contribution is 0.553. The van der Waals surface area contributed by atoms with Crippen LogP contribution in [0.2, 0.25) is 0 Å². The molecule has 2 N–H and O–H groups in total. The summed E-state index contributed by atoms with van der Waals surface area (Å²) in [5, 5.41) is 0. The smallest absolute Gasteiger partial charge is 0.0376 e. The number of hydrogen-bond donors (Lipinski definition) is 1. The number of aromatic nitrogens is 1. The van der Waals surface area contributed by atoms with Crippen LogP contribution in [0.5, 0.6) is 0 Å². The predicted octanol–water partition coefficient (Wildman–Crippen LogP) is 1.58. The molecule has 0 aliphatic heterocycles. The van der Waals surface area contributed by atoms with Gasteiger partial charge in [0.05, 0.1) is 0 Å². The van der Waals surface area contributed by atoms with Crippen molar-refractivity contribution in [3.05, 3.63) is 29.6 Å². The predicted molar refractivity (Wildman–Crippen MR) is 46.2 cm³/mol. The van der Waals surface area contributed by atoms with Gasteiger partial charge in [-0.2, -0.15) is 0 Å². The minimum Gasteiger partial charge on any atom is -0.322 e. The lowest BCUT2D eigenvalue weighted by Gasteiger charge is -2.18. The third-order valence-corrected chi connectivity index (χ3v) is 1.64. The normalized spacial score (nSPS) is 11.6. The highest BCUT2D eigenvalue weighted by Gasteiger charge is 2.13. The minimum atomic E-state index is -0.256. The van der Waals surface area contributed by atoms with E-state index in [0.29, 0.717) is 0 Å². The van der Waals surface area contributed by atoms with E-state index >= 15 is 0 Å². The molecule has 0 bridgehead atoms. The fraction of sp³-hybridized carbons (Fsp3) is 0.444. The Labute approximate surface area is 67.5 Å². The summed E-state index contributed by atoms with van der Waals surface area (Å²) in [6.07, 6.45) is 1.79. The van der Waals surface area contributed by atoms with Gasteiger partial charge in [-0.1, -0.05) is 0 Å². The topological polar surface area (TPSA) is 38.9 Å². The van der Waals surface area contributed by atoms with Gasteiger partial charge in [-0.05, 0) is 38.5 Å². The molecule has 1 heterocycles. The van der Waals surface area contributed by atoms with E-state index in [4.69, 9.17) is 5.73 Å². The molecular formula is C9H14N2. The number of hydrogen-bond acceptors (Lipinski definition) is 2. The third-order valence-electron chi connectivity index (χ3n) is 1.64. The minimum absolute atomic E-state index is 0.256. The maximum atomic E-state index is 5.90. The van der Waals surface area contributed by atoms with Crippen LogP contribution in [0, 0.1) is 6.92 Å². The van der Waals surface area contributed by atoms with Crippen LogP contribution in [-0.2, 0) is 5.54 Å². The van der Waals surface area contributed by atoms with Gasteiger partial charge in [0.2, 0.25) is 0 Å². The summed E-state index contributed by atoms with van der Waals surface area (Å²) < 4.78 is 0. The number of rotatable bonds is 1. The average molecular weight is 150 g/mol. The molecule has 0 amide bonds. The van der Waals surface area contributed by atoms with Gasteiger partial charge in [0.1, 0.15) is 0 Å². The van der Waals surface area contributed by atoms with Crippen molar-refractivity contribution in [3.8, 4) is 0 Å². The van der Waals surface area contributed by atoms with Crippen LogP contribution < -0.4 is 5.73 Å². The molecule has 0 aliphatic rings. The lowest BCUT2D eigenvalue weighted by atomic mass is 9.96. The summed E-state index contributed by atoms with van der Waals surface area (Å²) in [7, 11) is 0. The summed E-state index contributed by atoms with van der Waals surface area (Å²) in [6, 6.07) is 3.97. The van der Waals surface area contributed by atoms with Gasteiger partial charge < -0.3 is 5.73 Å². The van der Waals surface area contributed by atoms with Gasteiger partial charge in [0, 0.05) is 17.4 Å². The Morgan fingerprint density at radius 3 is 2.45 bits per heavy atom. The van der Waals surface area contributed by atoms with Crippen molar-refractivity contribution in [3.63, 3.8) is 0 Å². The molecule has 1 aromatic heterocycles. The molecule has 0 spiro atoms. The van der Waals surface area contributed by atoms with Crippen molar-refractivity contribution < 1.29 is 0 Å². The van der Waals surface area contributed by atoms with Crippen LogP contribution in [0.1, 0.15) is 25.1 Å². The monoisotopic (exact) mass is 150 g/mol. The van der Waals surface area contributed by atoms with Crippen LogP contribution in [0.25, 0.3) is 0 Å². The Morgan fingerprint density at radius 1 is 1.45 bits per heavy atom. The van der Waals surface area contributed by atoms with Gasteiger partial charge in [-0.3, -0.25) is 4.98 Å². The maximum Gasteiger partial charge on any atom is 0.0376 e. The molecule has 2 heteroatoms. The molecule has 0 atom stereocenters. The molecule has 2 nitrogen and oxygen atoms in total. The first-order valence-corrected chi connectivity index (χ1v) is 3.72. The molecule has 0 saturated heterocycles. The summed E-state index contributed by atoms with van der Waals surface area (Å²) in [6.45, 7) is 5.94. The van der Waals surface area contributed by atoms with E-state index in [9.17, 15) is 0 Å². The largest absolute Gasteiger partial charge is 0.322 e. The molecule has 0 aromatic carbocycles. The number of aryl methyl sites for hydroxylation is 1. The fourth-order valence-electron chi connectivity index (χ4n) is 0.946. The second-order valence-electron chi connectivity index (χ2n) is 3.41. The van der Waals surface area contributed by atoms with Crippen LogP contribution in [0.3, 0.4) is 0 Å². The van der Waals surface area contributed by atoms with Crippen molar-refractivity contribution in [2.24, 2.45) is 5.73 Å². The third kappa shape index (κ3) is 2.02. The van der Waals surface area contributed by atoms with E-state index in [2.05, 4.69) is 4.98 Å². The summed E-state index contributed by atoms with van der Waals surface area (Å²) >= 11 is 0. The number of nitrogens with two attached hydrogens (primary N) is 1. The zero-order valence-corrected chi connectivity index (χ0v) is 7.26. The number of pyridine rings is 1. The van der Waals surface area contributed by atoms with Crippen LogP contribution in [0.4, 0.5) is 0 Å². The van der Waals surface area contributed by atoms with Crippen molar-refractivity contribution >= 4 is 0 Å². The molecular weight excluding hydrogens is 136 g/mol. The molecule has 1 aromatic rings. The zero-order valence-electron chi connectivity index (χ0n) is 7.26. The maximum absolute atomic E-state index is 5.90. The Morgan fingerprint density at radius 2 is 2.09 bits per heavy atom. The zero-order chi connectivity index (χ0) is 8.48. The molecule has 0 aliphatic carbocycles.